The molecule has 168 valence electrons. The zero-order valence-electron chi connectivity index (χ0n) is 18.3. The smallest absolute Gasteiger partial charge is 0.270 e. The number of nitro groups is 1. The first-order chi connectivity index (χ1) is 15.8. The number of carbonyl (C=O) groups is 3. The highest BCUT2D eigenvalue weighted by Crippen LogP contribution is 2.49. The van der Waals surface area contributed by atoms with Gasteiger partial charge in [-0.2, -0.15) is 0 Å². The van der Waals surface area contributed by atoms with E-state index in [0.717, 1.165) is 11.3 Å². The first-order valence-electron chi connectivity index (χ1n) is 11.1. The van der Waals surface area contributed by atoms with Gasteiger partial charge in [-0.15, -0.1) is 0 Å². The van der Waals surface area contributed by atoms with E-state index in [1.165, 1.54) is 29.2 Å². The van der Waals surface area contributed by atoms with E-state index in [9.17, 15) is 24.5 Å². The number of para-hydroxylation sites is 1. The van der Waals surface area contributed by atoms with E-state index in [0.29, 0.717) is 6.42 Å². The van der Waals surface area contributed by atoms with Crippen LogP contribution in [0.4, 0.5) is 11.4 Å². The summed E-state index contributed by atoms with van der Waals surface area (Å²) in [7, 11) is 0. The molecule has 33 heavy (non-hydrogen) atoms. The molecule has 8 heteroatoms. The zero-order valence-corrected chi connectivity index (χ0v) is 18.3. The second-order valence-corrected chi connectivity index (χ2v) is 8.79. The molecule has 0 saturated carbocycles. The van der Waals surface area contributed by atoms with Crippen LogP contribution in [0, 0.1) is 22.0 Å². The molecule has 5 atom stereocenters. The van der Waals surface area contributed by atoms with Gasteiger partial charge in [-0.05, 0) is 25.0 Å². The Balaban J connectivity index is 1.65. The molecule has 2 aromatic rings. The van der Waals surface area contributed by atoms with Crippen LogP contribution < -0.4 is 4.90 Å². The van der Waals surface area contributed by atoms with Gasteiger partial charge in [0.25, 0.3) is 5.69 Å². The number of nitrogens with zero attached hydrogens (tertiary/aromatic N) is 3. The first-order valence-corrected chi connectivity index (χ1v) is 11.1. The summed E-state index contributed by atoms with van der Waals surface area (Å²) >= 11 is 0. The fraction of sp³-hybridized carbons (Fsp3) is 0.320. The molecule has 2 aromatic carbocycles. The van der Waals surface area contributed by atoms with Gasteiger partial charge in [-0.3, -0.25) is 29.4 Å². The molecule has 5 rings (SSSR count). The molecule has 2 saturated heterocycles. The number of carbonyl (C=O) groups excluding carboxylic acids is 3. The Labute approximate surface area is 190 Å². The van der Waals surface area contributed by atoms with Crippen molar-refractivity contribution in [3.63, 3.8) is 0 Å². The van der Waals surface area contributed by atoms with Crippen molar-refractivity contribution in [2.75, 3.05) is 4.90 Å². The van der Waals surface area contributed by atoms with Crippen LogP contribution in [0.5, 0.6) is 0 Å². The Morgan fingerprint density at radius 1 is 1.09 bits per heavy atom. The molecule has 0 aromatic heterocycles. The normalized spacial score (nSPS) is 26.1. The number of likely N-dealkylation sites (tertiary alicyclic amines) is 1. The zero-order chi connectivity index (χ0) is 23.4. The minimum absolute atomic E-state index is 0.155. The average molecular weight is 445 g/mol. The van der Waals surface area contributed by atoms with Gasteiger partial charge in [-0.25, -0.2) is 0 Å². The van der Waals surface area contributed by atoms with Crippen molar-refractivity contribution in [2.24, 2.45) is 11.8 Å². The summed E-state index contributed by atoms with van der Waals surface area (Å²) in [6.45, 7) is 3.74. The van der Waals surface area contributed by atoms with Gasteiger partial charge in [0.15, 0.2) is 5.78 Å². The largest absolute Gasteiger partial charge is 0.352 e. The van der Waals surface area contributed by atoms with Gasteiger partial charge in [0.1, 0.15) is 6.04 Å². The maximum atomic E-state index is 13.9. The Morgan fingerprint density at radius 3 is 2.55 bits per heavy atom. The number of anilines is 1. The van der Waals surface area contributed by atoms with E-state index in [2.05, 4.69) is 0 Å². The Bertz CT molecular complexity index is 1220. The maximum absolute atomic E-state index is 13.9. The molecule has 3 aliphatic heterocycles. The van der Waals surface area contributed by atoms with Crippen molar-refractivity contribution in [2.45, 2.75) is 38.4 Å². The summed E-state index contributed by atoms with van der Waals surface area (Å²) in [4.78, 5) is 54.8. The fourth-order valence-electron chi connectivity index (χ4n) is 5.40. The average Bonchev–Trinajstić information content (AvgIpc) is 3.31. The number of hydrogen-bond acceptors (Lipinski definition) is 6. The highest BCUT2D eigenvalue weighted by atomic mass is 16.6. The summed E-state index contributed by atoms with van der Waals surface area (Å²) in [6, 6.07) is 11.5. The highest BCUT2D eigenvalue weighted by molar-refractivity contribution is 6.14. The number of non-ortho nitro benzene ring substituents is 1. The molecule has 2 amide bonds. The second kappa shape index (κ2) is 7.65. The standard InChI is InChI=1S/C25H23N3O5/c1-3-14(2)26-24(30)20-19-12-11-15-7-4-5-10-18(15)27(19)22(21(20)25(26)31)23(29)16-8-6-9-17(13-16)28(32)33/h4-14,19-22H,3H2,1-2H3/t14-,19+,20-,21-,22+/m0/s1. The van der Waals surface area contributed by atoms with Gasteiger partial charge in [0.05, 0.1) is 22.8 Å². The van der Waals surface area contributed by atoms with E-state index in [1.807, 2.05) is 55.2 Å². The van der Waals surface area contributed by atoms with E-state index < -0.39 is 34.6 Å². The lowest BCUT2D eigenvalue weighted by molar-refractivity contribution is -0.384. The molecule has 3 aliphatic rings. The van der Waals surface area contributed by atoms with Crippen LogP contribution in [0.15, 0.2) is 54.6 Å². The third kappa shape index (κ3) is 3.01. The summed E-state index contributed by atoms with van der Waals surface area (Å²) in [5, 5.41) is 11.3. The molecule has 2 fully saturated rings. The number of Topliss-reactive ketones (excluding diaryl/α,β-unsaturated/α-hetero) is 1. The van der Waals surface area contributed by atoms with Crippen molar-refractivity contribution >= 4 is 35.0 Å². The number of rotatable bonds is 5. The van der Waals surface area contributed by atoms with E-state index in [4.69, 9.17) is 0 Å². The van der Waals surface area contributed by atoms with Crippen LogP contribution >= 0.6 is 0 Å². The second-order valence-electron chi connectivity index (χ2n) is 8.79. The number of ketones is 1. The van der Waals surface area contributed by atoms with Crippen molar-refractivity contribution < 1.29 is 19.3 Å². The number of amides is 2. The van der Waals surface area contributed by atoms with Crippen molar-refractivity contribution in [3.8, 4) is 0 Å². The Kier molecular flexibility index (Phi) is 4.88. The third-order valence-corrected chi connectivity index (χ3v) is 7.09. The lowest BCUT2D eigenvalue weighted by Crippen LogP contribution is -2.50. The summed E-state index contributed by atoms with van der Waals surface area (Å²) < 4.78 is 0. The minimum atomic E-state index is -0.932. The number of nitro benzene ring substituents is 1. The third-order valence-electron chi connectivity index (χ3n) is 7.09. The van der Waals surface area contributed by atoms with Gasteiger partial charge in [0, 0.05) is 29.4 Å². The summed E-state index contributed by atoms with van der Waals surface area (Å²) in [6.07, 6.45) is 4.44. The molecular weight excluding hydrogens is 422 g/mol. The Morgan fingerprint density at radius 2 is 1.82 bits per heavy atom. The molecule has 3 heterocycles. The number of imide groups is 1. The number of fused-ring (bicyclic) bond motifs is 5. The maximum Gasteiger partial charge on any atom is 0.270 e. The van der Waals surface area contributed by atoms with Crippen LogP contribution in [0.25, 0.3) is 6.08 Å². The molecule has 0 N–H and O–H groups in total. The van der Waals surface area contributed by atoms with Crippen LogP contribution in [0.1, 0.15) is 36.2 Å². The molecule has 0 spiro atoms. The number of benzene rings is 2. The topological polar surface area (TPSA) is 101 Å². The highest BCUT2D eigenvalue weighted by Gasteiger charge is 2.64. The van der Waals surface area contributed by atoms with Gasteiger partial charge in [-0.1, -0.05) is 49.4 Å². The molecule has 0 aliphatic carbocycles. The van der Waals surface area contributed by atoms with E-state index >= 15 is 0 Å². The molecule has 0 unspecified atom stereocenters. The summed E-state index contributed by atoms with van der Waals surface area (Å²) in [5.74, 6) is -2.52. The lowest BCUT2D eigenvalue weighted by Gasteiger charge is -2.37. The van der Waals surface area contributed by atoms with Crippen LogP contribution in [-0.4, -0.2) is 45.5 Å². The lowest BCUT2D eigenvalue weighted by atomic mass is 9.86. The first kappa shape index (κ1) is 21.1. The van der Waals surface area contributed by atoms with E-state index in [-0.39, 0.29) is 29.1 Å². The fourth-order valence-corrected chi connectivity index (χ4v) is 5.40. The van der Waals surface area contributed by atoms with Crippen molar-refractivity contribution in [1.29, 1.82) is 0 Å². The van der Waals surface area contributed by atoms with Gasteiger partial charge >= 0.3 is 0 Å². The van der Waals surface area contributed by atoms with Gasteiger partial charge in [0.2, 0.25) is 11.8 Å². The monoisotopic (exact) mass is 445 g/mol. The molecule has 0 radical (unpaired) electrons. The van der Waals surface area contributed by atoms with Crippen molar-refractivity contribution in [3.05, 3.63) is 75.8 Å². The summed E-state index contributed by atoms with van der Waals surface area (Å²) in [5.41, 5.74) is 1.63. The molecular formula is C25H23N3O5. The van der Waals surface area contributed by atoms with E-state index in [1.54, 1.807) is 0 Å². The van der Waals surface area contributed by atoms with Crippen LogP contribution in [-0.2, 0) is 9.59 Å². The van der Waals surface area contributed by atoms with Crippen LogP contribution in [0.2, 0.25) is 0 Å². The quantitative estimate of drug-likeness (QED) is 0.302. The molecule has 0 bridgehead atoms. The van der Waals surface area contributed by atoms with Crippen molar-refractivity contribution in [1.82, 2.24) is 4.90 Å². The number of hydrogen-bond donors (Lipinski definition) is 0. The minimum Gasteiger partial charge on any atom is -0.352 e. The van der Waals surface area contributed by atoms with Crippen LogP contribution in [0.3, 0.4) is 0 Å². The predicted octanol–water partition coefficient (Wildman–Crippen LogP) is 3.46. The van der Waals surface area contributed by atoms with Gasteiger partial charge < -0.3 is 4.90 Å². The SMILES string of the molecule is CC[C@H](C)N1C(=O)[C@@H]2[C@H](C1=O)[C@H](C(=O)c1cccc([N+](=O)[O-])c1)N1c3ccccc3C=C[C@H]21. The Hall–Kier alpha value is -3.81. The predicted molar refractivity (Wildman–Crippen MR) is 122 cm³/mol. The molecule has 8 nitrogen and oxygen atoms in total.